The van der Waals surface area contributed by atoms with Gasteiger partial charge in [-0.05, 0) is 12.1 Å². The lowest BCUT2D eigenvalue weighted by molar-refractivity contribution is -0.870. The van der Waals surface area contributed by atoms with Crippen LogP contribution in [0.5, 0.6) is 5.75 Å². The Bertz CT molecular complexity index is 511. The van der Waals surface area contributed by atoms with E-state index in [1.165, 1.54) is 24.3 Å². The van der Waals surface area contributed by atoms with Crippen LogP contribution in [0.2, 0.25) is 0 Å². The fourth-order valence-electron chi connectivity index (χ4n) is 1.22. The fraction of sp³-hybridized carbons (Fsp3) is 0.455. The SMILES string of the molecule is C[N+](C)(C)CCOP(=O)(O)Oc1ccc([N+](=O)[O-])cc1. The maximum atomic E-state index is 11.7. The third kappa shape index (κ3) is 6.12. The highest BCUT2D eigenvalue weighted by atomic mass is 31.2. The number of hydrogen-bond acceptors (Lipinski definition) is 5. The predicted molar refractivity (Wildman–Crippen MR) is 72.4 cm³/mol. The topological polar surface area (TPSA) is 98.9 Å². The zero-order chi connectivity index (χ0) is 15.4. The van der Waals surface area contributed by atoms with Crippen LogP contribution in [0.3, 0.4) is 0 Å². The summed E-state index contributed by atoms with van der Waals surface area (Å²) in [6, 6.07) is 4.84. The number of nitrogens with zero attached hydrogens (tertiary/aromatic N) is 2. The molecule has 0 fully saturated rings. The molecule has 1 aromatic carbocycles. The Labute approximate surface area is 116 Å². The largest absolute Gasteiger partial charge is 0.527 e. The number of nitro groups is 1. The fourth-order valence-corrected chi connectivity index (χ4v) is 1.97. The molecule has 0 aliphatic heterocycles. The quantitative estimate of drug-likeness (QED) is 0.357. The van der Waals surface area contributed by atoms with Crippen molar-refractivity contribution >= 4 is 13.5 Å². The van der Waals surface area contributed by atoms with Crippen molar-refractivity contribution in [3.63, 3.8) is 0 Å². The molecule has 0 radical (unpaired) electrons. The van der Waals surface area contributed by atoms with Crippen LogP contribution in [0.15, 0.2) is 24.3 Å². The van der Waals surface area contributed by atoms with Crippen molar-refractivity contribution < 1.29 is 27.9 Å². The molecule has 8 nitrogen and oxygen atoms in total. The molecule has 0 saturated carbocycles. The van der Waals surface area contributed by atoms with Crippen molar-refractivity contribution in [1.29, 1.82) is 0 Å². The molecule has 1 rings (SSSR count). The van der Waals surface area contributed by atoms with E-state index in [2.05, 4.69) is 0 Å². The van der Waals surface area contributed by atoms with Crippen molar-refractivity contribution in [2.45, 2.75) is 0 Å². The number of non-ortho nitro benzene ring substituents is 1. The number of quaternary nitrogens is 1. The van der Waals surface area contributed by atoms with E-state index < -0.39 is 12.7 Å². The lowest BCUT2D eigenvalue weighted by Crippen LogP contribution is -2.37. The van der Waals surface area contributed by atoms with Gasteiger partial charge in [0.05, 0.1) is 26.1 Å². The molecule has 0 aromatic heterocycles. The van der Waals surface area contributed by atoms with Crippen LogP contribution >= 0.6 is 7.82 Å². The second-order valence-electron chi connectivity index (χ2n) is 5.16. The Morgan fingerprint density at radius 1 is 1.30 bits per heavy atom. The number of phosphoric ester groups is 1. The number of phosphoric acid groups is 1. The monoisotopic (exact) mass is 305 g/mol. The first-order chi connectivity index (χ1) is 9.09. The molecule has 0 heterocycles. The van der Waals surface area contributed by atoms with Gasteiger partial charge < -0.3 is 9.01 Å². The van der Waals surface area contributed by atoms with E-state index in [4.69, 9.17) is 9.05 Å². The van der Waals surface area contributed by atoms with Crippen LogP contribution in [0.4, 0.5) is 5.69 Å². The highest BCUT2D eigenvalue weighted by Crippen LogP contribution is 2.43. The van der Waals surface area contributed by atoms with Gasteiger partial charge in [0, 0.05) is 12.1 Å². The van der Waals surface area contributed by atoms with Gasteiger partial charge in [0.1, 0.15) is 18.9 Å². The maximum absolute atomic E-state index is 11.7. The number of likely N-dealkylation sites (N-methyl/N-ethyl adjacent to an activating group) is 1. The Morgan fingerprint density at radius 3 is 2.30 bits per heavy atom. The van der Waals surface area contributed by atoms with Gasteiger partial charge in [-0.15, -0.1) is 0 Å². The third-order valence-corrected chi connectivity index (χ3v) is 3.24. The van der Waals surface area contributed by atoms with Gasteiger partial charge in [0.15, 0.2) is 0 Å². The summed E-state index contributed by atoms with van der Waals surface area (Å²) >= 11 is 0. The Hall–Kier alpha value is -1.47. The lowest BCUT2D eigenvalue weighted by atomic mass is 10.3. The van der Waals surface area contributed by atoms with Crippen LogP contribution in [-0.2, 0) is 9.09 Å². The molecule has 112 valence electrons. The van der Waals surface area contributed by atoms with Gasteiger partial charge in [-0.1, -0.05) is 0 Å². The van der Waals surface area contributed by atoms with Gasteiger partial charge in [-0.3, -0.25) is 19.5 Å². The molecule has 0 aliphatic rings. The van der Waals surface area contributed by atoms with E-state index in [9.17, 15) is 19.6 Å². The van der Waals surface area contributed by atoms with E-state index in [1.807, 2.05) is 21.1 Å². The van der Waals surface area contributed by atoms with E-state index in [0.29, 0.717) is 11.0 Å². The minimum absolute atomic E-state index is 0.0340. The second-order valence-corrected chi connectivity index (χ2v) is 6.54. The average molecular weight is 305 g/mol. The van der Waals surface area contributed by atoms with Crippen LogP contribution in [0, 0.1) is 10.1 Å². The van der Waals surface area contributed by atoms with Gasteiger partial charge in [-0.25, -0.2) is 4.57 Å². The summed E-state index contributed by atoms with van der Waals surface area (Å²) in [6.45, 7) is 0.596. The summed E-state index contributed by atoms with van der Waals surface area (Å²) in [5.74, 6) is 0.0340. The maximum Gasteiger partial charge on any atom is 0.527 e. The van der Waals surface area contributed by atoms with Gasteiger partial charge in [-0.2, -0.15) is 0 Å². The molecule has 1 N–H and O–H groups in total. The lowest BCUT2D eigenvalue weighted by Gasteiger charge is -2.24. The molecule has 0 spiro atoms. The van der Waals surface area contributed by atoms with Crippen molar-refractivity contribution in [2.75, 3.05) is 34.3 Å². The van der Waals surface area contributed by atoms with E-state index in [0.717, 1.165) is 0 Å². The van der Waals surface area contributed by atoms with Crippen molar-refractivity contribution in [3.8, 4) is 5.75 Å². The molecule has 9 heteroatoms. The third-order valence-electron chi connectivity index (χ3n) is 2.28. The average Bonchev–Trinajstić information content (AvgIpc) is 2.26. The van der Waals surface area contributed by atoms with E-state index >= 15 is 0 Å². The smallest absolute Gasteiger partial charge is 0.404 e. The summed E-state index contributed by atoms with van der Waals surface area (Å²) in [4.78, 5) is 19.4. The van der Waals surface area contributed by atoms with Gasteiger partial charge in [0.25, 0.3) is 5.69 Å². The summed E-state index contributed by atoms with van der Waals surface area (Å²) in [7, 11) is 1.54. The molecule has 0 bridgehead atoms. The molecule has 1 unspecified atom stereocenters. The Balaban J connectivity index is 2.57. The summed E-state index contributed by atoms with van der Waals surface area (Å²) in [6.07, 6.45) is 0. The minimum Gasteiger partial charge on any atom is -0.404 e. The molecular weight excluding hydrogens is 287 g/mol. The molecule has 0 aliphatic carbocycles. The molecular formula is C11H18N2O6P+. The Morgan fingerprint density at radius 2 is 1.85 bits per heavy atom. The van der Waals surface area contributed by atoms with E-state index in [1.54, 1.807) is 0 Å². The van der Waals surface area contributed by atoms with Crippen molar-refractivity contribution in [1.82, 2.24) is 0 Å². The summed E-state index contributed by atoms with van der Waals surface area (Å²) < 4.78 is 21.9. The van der Waals surface area contributed by atoms with Gasteiger partial charge in [0.2, 0.25) is 0 Å². The number of benzene rings is 1. The molecule has 1 atom stereocenters. The van der Waals surface area contributed by atoms with Gasteiger partial charge >= 0.3 is 7.82 Å². The van der Waals surface area contributed by atoms with Crippen molar-refractivity contribution in [2.24, 2.45) is 0 Å². The standard InChI is InChI=1S/C11H17N2O6P/c1-13(2,3)8-9-18-20(16,17)19-11-6-4-10(5-7-11)12(14)15/h4-7H,8-9H2,1-3H3/p+1. The van der Waals surface area contributed by atoms with Crippen LogP contribution in [0.1, 0.15) is 0 Å². The first-order valence-electron chi connectivity index (χ1n) is 5.81. The normalized spacial score (nSPS) is 14.6. The number of rotatable bonds is 7. The number of hydrogen-bond donors (Lipinski definition) is 1. The zero-order valence-corrected chi connectivity index (χ0v) is 12.4. The second kappa shape index (κ2) is 6.32. The highest BCUT2D eigenvalue weighted by Gasteiger charge is 2.24. The first-order valence-corrected chi connectivity index (χ1v) is 7.30. The first kappa shape index (κ1) is 16.6. The zero-order valence-electron chi connectivity index (χ0n) is 11.6. The predicted octanol–water partition coefficient (Wildman–Crippen LogP) is 1.80. The molecule has 0 amide bonds. The molecule has 20 heavy (non-hydrogen) atoms. The summed E-state index contributed by atoms with van der Waals surface area (Å²) in [5.41, 5.74) is -0.129. The minimum atomic E-state index is -4.22. The van der Waals surface area contributed by atoms with Crippen LogP contribution in [0.25, 0.3) is 0 Å². The van der Waals surface area contributed by atoms with Crippen molar-refractivity contribution in [3.05, 3.63) is 34.4 Å². The molecule has 0 saturated heterocycles. The van der Waals surface area contributed by atoms with E-state index in [-0.39, 0.29) is 18.0 Å². The highest BCUT2D eigenvalue weighted by molar-refractivity contribution is 7.47. The van der Waals surface area contributed by atoms with Crippen LogP contribution in [-0.4, -0.2) is 48.6 Å². The number of nitro benzene ring substituents is 1. The van der Waals surface area contributed by atoms with Crippen LogP contribution < -0.4 is 4.52 Å². The summed E-state index contributed by atoms with van der Waals surface area (Å²) in [5, 5.41) is 10.5. The molecule has 1 aromatic rings. The Kier molecular flexibility index (Phi) is 5.24.